The third-order valence-electron chi connectivity index (χ3n) is 4.66. The molecule has 0 unspecified atom stereocenters. The zero-order valence-electron chi connectivity index (χ0n) is 14.7. The number of pyridine rings is 1. The lowest BCUT2D eigenvalue weighted by Gasteiger charge is -2.32. The number of piperidine rings is 1. The summed E-state index contributed by atoms with van der Waals surface area (Å²) >= 11 is 1.76. The summed E-state index contributed by atoms with van der Waals surface area (Å²) in [6, 6.07) is 6.08. The molecule has 2 aromatic rings. The van der Waals surface area contributed by atoms with Gasteiger partial charge in [0.1, 0.15) is 0 Å². The van der Waals surface area contributed by atoms with E-state index in [2.05, 4.69) is 21.7 Å². The number of nitrogens with zero attached hydrogens (tertiary/aromatic N) is 3. The Morgan fingerprint density at radius 2 is 2.04 bits per heavy atom. The molecule has 2 aromatic heterocycles. The van der Waals surface area contributed by atoms with Gasteiger partial charge in [-0.1, -0.05) is 0 Å². The molecule has 1 amide bonds. The molecule has 0 aromatic carbocycles. The molecule has 1 fully saturated rings. The number of carbonyl (C=O) groups excluding carboxylic acids is 1. The fourth-order valence-electron chi connectivity index (χ4n) is 3.32. The lowest BCUT2D eigenvalue weighted by atomic mass is 9.89. The minimum absolute atomic E-state index is 0.0539. The van der Waals surface area contributed by atoms with Crippen molar-refractivity contribution in [2.75, 3.05) is 27.2 Å². The van der Waals surface area contributed by atoms with Crippen LogP contribution in [0.25, 0.3) is 0 Å². The summed E-state index contributed by atoms with van der Waals surface area (Å²) in [5.41, 5.74) is 4.14. The first-order valence-electron chi connectivity index (χ1n) is 8.47. The van der Waals surface area contributed by atoms with Gasteiger partial charge in [-0.25, -0.2) is 0 Å². The maximum absolute atomic E-state index is 12.5. The number of carbonyl (C=O) groups is 1. The molecule has 3 heterocycles. The van der Waals surface area contributed by atoms with Crippen molar-refractivity contribution in [1.82, 2.24) is 14.8 Å². The third-order valence-corrected chi connectivity index (χ3v) is 5.39. The van der Waals surface area contributed by atoms with Crippen LogP contribution in [-0.2, 0) is 6.54 Å². The zero-order chi connectivity index (χ0) is 17.1. The van der Waals surface area contributed by atoms with Gasteiger partial charge in [-0.3, -0.25) is 14.7 Å². The summed E-state index contributed by atoms with van der Waals surface area (Å²) in [4.78, 5) is 21.4. The molecule has 24 heavy (non-hydrogen) atoms. The predicted molar refractivity (Wildman–Crippen MR) is 98.6 cm³/mol. The van der Waals surface area contributed by atoms with Gasteiger partial charge in [0.05, 0.1) is 11.3 Å². The predicted octanol–water partition coefficient (Wildman–Crippen LogP) is 3.53. The molecule has 0 saturated carbocycles. The topological polar surface area (TPSA) is 36.4 Å². The molecule has 0 radical (unpaired) electrons. The smallest absolute Gasteiger partial charge is 0.255 e. The standard InChI is InChI=1S/C19H25N3OS/c1-14-4-5-17(19(23)21(2)3)18(20-14)16-6-9-22(10-7-16)12-15-8-11-24-13-15/h4-5,8,11,13,16H,6-7,9-10,12H2,1-3H3. The first-order chi connectivity index (χ1) is 11.5. The van der Waals surface area contributed by atoms with Gasteiger partial charge in [0.15, 0.2) is 0 Å². The fourth-order valence-corrected chi connectivity index (χ4v) is 3.97. The summed E-state index contributed by atoms with van der Waals surface area (Å²) in [7, 11) is 3.60. The molecule has 0 spiro atoms. The van der Waals surface area contributed by atoms with Crippen LogP contribution in [0.3, 0.4) is 0 Å². The number of amides is 1. The summed E-state index contributed by atoms with van der Waals surface area (Å²) in [6.07, 6.45) is 2.13. The summed E-state index contributed by atoms with van der Waals surface area (Å²) in [5, 5.41) is 4.36. The molecule has 0 aliphatic carbocycles. The molecule has 1 saturated heterocycles. The molecule has 128 valence electrons. The average Bonchev–Trinajstić information content (AvgIpc) is 3.08. The van der Waals surface area contributed by atoms with Crippen molar-refractivity contribution in [3.8, 4) is 0 Å². The highest BCUT2D eigenvalue weighted by molar-refractivity contribution is 7.07. The van der Waals surface area contributed by atoms with Gasteiger partial charge in [-0.2, -0.15) is 11.3 Å². The fraction of sp³-hybridized carbons (Fsp3) is 0.474. The van der Waals surface area contributed by atoms with Crippen LogP contribution in [-0.4, -0.2) is 47.9 Å². The Labute approximate surface area is 148 Å². The number of rotatable bonds is 4. The summed E-state index contributed by atoms with van der Waals surface area (Å²) < 4.78 is 0. The Morgan fingerprint density at radius 3 is 2.67 bits per heavy atom. The van der Waals surface area contributed by atoms with E-state index in [-0.39, 0.29) is 5.91 Å². The molecule has 0 N–H and O–H groups in total. The van der Waals surface area contributed by atoms with Crippen LogP contribution in [0, 0.1) is 6.92 Å². The molecule has 5 heteroatoms. The quantitative estimate of drug-likeness (QED) is 0.852. The SMILES string of the molecule is Cc1ccc(C(=O)N(C)C)c(C2CCN(Cc3ccsc3)CC2)n1. The Kier molecular flexibility index (Phi) is 5.31. The highest BCUT2D eigenvalue weighted by Crippen LogP contribution is 2.30. The Hall–Kier alpha value is -1.72. The molecule has 0 atom stereocenters. The van der Waals surface area contributed by atoms with E-state index < -0.39 is 0 Å². The van der Waals surface area contributed by atoms with Crippen molar-refractivity contribution in [2.24, 2.45) is 0 Å². The summed E-state index contributed by atoms with van der Waals surface area (Å²) in [5.74, 6) is 0.431. The minimum Gasteiger partial charge on any atom is -0.345 e. The van der Waals surface area contributed by atoms with Gasteiger partial charge in [-0.05, 0) is 67.4 Å². The van der Waals surface area contributed by atoms with E-state index in [1.54, 1.807) is 30.3 Å². The second-order valence-electron chi connectivity index (χ2n) is 6.77. The second kappa shape index (κ2) is 7.45. The highest BCUT2D eigenvalue weighted by Gasteiger charge is 2.26. The zero-order valence-corrected chi connectivity index (χ0v) is 15.5. The van der Waals surface area contributed by atoms with E-state index in [0.717, 1.165) is 49.4 Å². The van der Waals surface area contributed by atoms with Gasteiger partial charge < -0.3 is 4.90 Å². The van der Waals surface area contributed by atoms with Crippen LogP contribution in [0.1, 0.15) is 46.1 Å². The van der Waals surface area contributed by atoms with Gasteiger partial charge in [0.25, 0.3) is 5.91 Å². The van der Waals surface area contributed by atoms with Crippen LogP contribution in [0.15, 0.2) is 29.0 Å². The Morgan fingerprint density at radius 1 is 1.29 bits per heavy atom. The lowest BCUT2D eigenvalue weighted by Crippen LogP contribution is -2.33. The lowest BCUT2D eigenvalue weighted by molar-refractivity contribution is 0.0824. The molecular weight excluding hydrogens is 318 g/mol. The molecule has 1 aliphatic rings. The van der Waals surface area contributed by atoms with E-state index in [0.29, 0.717) is 5.92 Å². The van der Waals surface area contributed by atoms with Crippen molar-refractivity contribution < 1.29 is 4.79 Å². The van der Waals surface area contributed by atoms with Crippen LogP contribution in [0.4, 0.5) is 0 Å². The van der Waals surface area contributed by atoms with Crippen molar-refractivity contribution in [3.63, 3.8) is 0 Å². The maximum atomic E-state index is 12.5. The van der Waals surface area contributed by atoms with Gasteiger partial charge in [0, 0.05) is 32.3 Å². The normalized spacial score (nSPS) is 16.3. The number of likely N-dealkylation sites (tertiary alicyclic amines) is 1. The van der Waals surface area contributed by atoms with E-state index in [1.807, 2.05) is 19.1 Å². The average molecular weight is 343 g/mol. The largest absolute Gasteiger partial charge is 0.345 e. The van der Waals surface area contributed by atoms with E-state index >= 15 is 0 Å². The third kappa shape index (κ3) is 3.84. The Bertz CT molecular complexity index is 689. The highest BCUT2D eigenvalue weighted by atomic mass is 32.1. The minimum atomic E-state index is 0.0539. The van der Waals surface area contributed by atoms with Crippen LogP contribution < -0.4 is 0 Å². The van der Waals surface area contributed by atoms with Gasteiger partial charge >= 0.3 is 0 Å². The number of aromatic nitrogens is 1. The first kappa shape index (κ1) is 17.1. The van der Waals surface area contributed by atoms with Crippen LogP contribution >= 0.6 is 11.3 Å². The first-order valence-corrected chi connectivity index (χ1v) is 9.41. The molecular formula is C19H25N3OS. The second-order valence-corrected chi connectivity index (χ2v) is 7.55. The molecule has 4 nitrogen and oxygen atoms in total. The van der Waals surface area contributed by atoms with Gasteiger partial charge in [-0.15, -0.1) is 0 Å². The van der Waals surface area contributed by atoms with Crippen molar-refractivity contribution in [1.29, 1.82) is 0 Å². The van der Waals surface area contributed by atoms with Crippen molar-refractivity contribution in [2.45, 2.75) is 32.2 Å². The van der Waals surface area contributed by atoms with Crippen LogP contribution in [0.2, 0.25) is 0 Å². The number of thiophene rings is 1. The maximum Gasteiger partial charge on any atom is 0.255 e. The molecule has 3 rings (SSSR count). The van der Waals surface area contributed by atoms with Crippen molar-refractivity contribution in [3.05, 3.63) is 51.5 Å². The van der Waals surface area contributed by atoms with E-state index in [9.17, 15) is 4.79 Å². The monoisotopic (exact) mass is 343 g/mol. The number of hydrogen-bond donors (Lipinski definition) is 0. The molecule has 1 aliphatic heterocycles. The van der Waals surface area contributed by atoms with E-state index in [4.69, 9.17) is 4.98 Å². The Balaban J connectivity index is 1.71. The molecule has 0 bridgehead atoms. The van der Waals surface area contributed by atoms with Crippen LogP contribution in [0.5, 0.6) is 0 Å². The number of aryl methyl sites for hydroxylation is 1. The summed E-state index contributed by atoms with van der Waals surface area (Å²) in [6.45, 7) is 5.15. The van der Waals surface area contributed by atoms with Crippen molar-refractivity contribution >= 4 is 17.2 Å². The number of hydrogen-bond acceptors (Lipinski definition) is 4. The van der Waals surface area contributed by atoms with E-state index in [1.165, 1.54) is 5.56 Å². The van der Waals surface area contributed by atoms with Gasteiger partial charge in [0.2, 0.25) is 0 Å².